The number of benzene rings is 3. The van der Waals surface area contributed by atoms with Crippen LogP contribution in [0, 0.1) is 5.82 Å². The third-order valence-corrected chi connectivity index (χ3v) is 4.77. The van der Waals surface area contributed by atoms with E-state index in [1.54, 1.807) is 18.2 Å². The second-order valence-electron chi connectivity index (χ2n) is 6.61. The predicted octanol–water partition coefficient (Wildman–Crippen LogP) is 4.66. The zero-order chi connectivity index (χ0) is 19.5. The van der Waals surface area contributed by atoms with Gasteiger partial charge in [-0.05, 0) is 35.4 Å². The second-order valence-corrected chi connectivity index (χ2v) is 6.61. The Kier molecular flexibility index (Phi) is 4.89. The lowest BCUT2D eigenvalue weighted by atomic mass is 10.0. The number of ether oxygens (including phenoxy) is 1. The highest BCUT2D eigenvalue weighted by atomic mass is 19.1. The molecular weight excluding hydrogens is 357 g/mol. The smallest absolute Gasteiger partial charge is 0.308 e. The molecule has 5 heteroatoms. The Morgan fingerprint density at radius 1 is 0.964 bits per heavy atom. The van der Waals surface area contributed by atoms with Gasteiger partial charge in [0, 0.05) is 11.3 Å². The standard InChI is InChI=1S/C23H18FNO3/c24-17-11-12-19-20(13-17)23(27)25(18-9-5-2-6-10-18)21(19)14-22(26)28-15-16-7-3-1-4-8-16/h1-13,21H,14-15H2. The molecule has 0 N–H and O–H groups in total. The fourth-order valence-corrected chi connectivity index (χ4v) is 3.46. The average molecular weight is 375 g/mol. The predicted molar refractivity (Wildman–Crippen MR) is 103 cm³/mol. The van der Waals surface area contributed by atoms with Gasteiger partial charge in [-0.3, -0.25) is 9.59 Å². The minimum Gasteiger partial charge on any atom is -0.461 e. The Balaban J connectivity index is 1.59. The minimum absolute atomic E-state index is 0.00784. The van der Waals surface area contributed by atoms with Crippen LogP contribution in [0.15, 0.2) is 78.9 Å². The summed E-state index contributed by atoms with van der Waals surface area (Å²) in [5.41, 5.74) is 2.46. The molecule has 1 aliphatic rings. The number of amides is 1. The molecule has 1 unspecified atom stereocenters. The summed E-state index contributed by atoms with van der Waals surface area (Å²) in [4.78, 5) is 27.0. The van der Waals surface area contributed by atoms with Gasteiger partial charge in [-0.25, -0.2) is 4.39 Å². The van der Waals surface area contributed by atoms with Crippen LogP contribution in [0.4, 0.5) is 10.1 Å². The summed E-state index contributed by atoms with van der Waals surface area (Å²) in [6.45, 7) is 0.169. The Morgan fingerprint density at radius 2 is 1.64 bits per heavy atom. The maximum Gasteiger partial charge on any atom is 0.308 e. The molecule has 1 amide bonds. The van der Waals surface area contributed by atoms with Crippen molar-refractivity contribution >= 4 is 17.6 Å². The number of carbonyl (C=O) groups excluding carboxylic acids is 2. The summed E-state index contributed by atoms with van der Waals surface area (Å²) in [6.07, 6.45) is -0.00784. The quantitative estimate of drug-likeness (QED) is 0.609. The first kappa shape index (κ1) is 17.9. The summed E-state index contributed by atoms with van der Waals surface area (Å²) < 4.78 is 19.1. The van der Waals surface area contributed by atoms with Gasteiger partial charge in [0.2, 0.25) is 0 Å². The molecule has 0 saturated carbocycles. The number of hydrogen-bond acceptors (Lipinski definition) is 3. The molecule has 0 aromatic heterocycles. The van der Waals surface area contributed by atoms with E-state index in [2.05, 4.69) is 0 Å². The summed E-state index contributed by atoms with van der Waals surface area (Å²) in [7, 11) is 0. The Hall–Kier alpha value is -3.47. The number of hydrogen-bond donors (Lipinski definition) is 0. The van der Waals surface area contributed by atoms with E-state index in [9.17, 15) is 14.0 Å². The monoisotopic (exact) mass is 375 g/mol. The van der Waals surface area contributed by atoms with Crippen molar-refractivity contribution in [3.8, 4) is 0 Å². The first-order chi connectivity index (χ1) is 13.6. The normalized spacial score (nSPS) is 15.4. The van der Waals surface area contributed by atoms with Crippen LogP contribution in [0.1, 0.15) is 33.9 Å². The van der Waals surface area contributed by atoms with Crippen molar-refractivity contribution in [2.45, 2.75) is 19.1 Å². The summed E-state index contributed by atoms with van der Waals surface area (Å²) in [6, 6.07) is 22.0. The van der Waals surface area contributed by atoms with E-state index in [0.717, 1.165) is 5.56 Å². The highest BCUT2D eigenvalue weighted by Gasteiger charge is 2.39. The lowest BCUT2D eigenvalue weighted by Crippen LogP contribution is -2.29. The van der Waals surface area contributed by atoms with Gasteiger partial charge in [-0.2, -0.15) is 0 Å². The molecule has 3 aromatic carbocycles. The van der Waals surface area contributed by atoms with Crippen molar-refractivity contribution in [1.29, 1.82) is 0 Å². The number of rotatable bonds is 5. The molecule has 28 heavy (non-hydrogen) atoms. The van der Waals surface area contributed by atoms with E-state index >= 15 is 0 Å². The van der Waals surface area contributed by atoms with E-state index in [0.29, 0.717) is 11.3 Å². The fourth-order valence-electron chi connectivity index (χ4n) is 3.46. The molecule has 1 heterocycles. The van der Waals surface area contributed by atoms with Crippen LogP contribution in [-0.4, -0.2) is 11.9 Å². The van der Waals surface area contributed by atoms with Crippen LogP contribution in [0.5, 0.6) is 0 Å². The average Bonchev–Trinajstić information content (AvgIpc) is 2.99. The first-order valence-electron chi connectivity index (χ1n) is 9.01. The van der Waals surface area contributed by atoms with Crippen molar-refractivity contribution in [1.82, 2.24) is 0 Å². The van der Waals surface area contributed by atoms with Crippen LogP contribution in [-0.2, 0) is 16.1 Å². The molecule has 1 aliphatic heterocycles. The molecule has 4 rings (SSSR count). The van der Waals surface area contributed by atoms with Crippen molar-refractivity contribution in [2.75, 3.05) is 4.90 Å². The Bertz CT molecular complexity index is 1000. The topological polar surface area (TPSA) is 46.6 Å². The van der Waals surface area contributed by atoms with Crippen LogP contribution >= 0.6 is 0 Å². The molecule has 0 bridgehead atoms. The molecule has 0 radical (unpaired) electrons. The molecule has 0 aliphatic carbocycles. The number of esters is 1. The number of anilines is 1. The first-order valence-corrected chi connectivity index (χ1v) is 9.01. The Morgan fingerprint density at radius 3 is 2.36 bits per heavy atom. The lowest BCUT2D eigenvalue weighted by molar-refractivity contribution is -0.145. The summed E-state index contributed by atoms with van der Waals surface area (Å²) >= 11 is 0. The van der Waals surface area contributed by atoms with Crippen molar-refractivity contribution < 1.29 is 18.7 Å². The number of para-hydroxylation sites is 1. The number of halogens is 1. The molecule has 0 fully saturated rings. The summed E-state index contributed by atoms with van der Waals surface area (Å²) in [5.74, 6) is -1.21. The highest BCUT2D eigenvalue weighted by Crippen LogP contribution is 2.39. The van der Waals surface area contributed by atoms with Gasteiger partial charge < -0.3 is 9.64 Å². The van der Waals surface area contributed by atoms with Crippen molar-refractivity contribution in [3.63, 3.8) is 0 Å². The van der Waals surface area contributed by atoms with Crippen LogP contribution in [0.25, 0.3) is 0 Å². The van der Waals surface area contributed by atoms with E-state index in [1.165, 1.54) is 17.0 Å². The molecule has 140 valence electrons. The summed E-state index contributed by atoms with van der Waals surface area (Å²) in [5, 5.41) is 0. The van der Waals surface area contributed by atoms with Gasteiger partial charge in [0.15, 0.2) is 0 Å². The van der Waals surface area contributed by atoms with E-state index in [1.807, 2.05) is 48.5 Å². The molecule has 4 nitrogen and oxygen atoms in total. The largest absolute Gasteiger partial charge is 0.461 e. The fraction of sp³-hybridized carbons (Fsp3) is 0.130. The van der Waals surface area contributed by atoms with Crippen LogP contribution in [0.3, 0.4) is 0 Å². The van der Waals surface area contributed by atoms with Crippen LogP contribution < -0.4 is 4.90 Å². The van der Waals surface area contributed by atoms with Gasteiger partial charge in [-0.15, -0.1) is 0 Å². The third-order valence-electron chi connectivity index (χ3n) is 4.77. The second kappa shape index (κ2) is 7.64. The number of nitrogens with zero attached hydrogens (tertiary/aromatic N) is 1. The molecule has 0 spiro atoms. The van der Waals surface area contributed by atoms with Crippen LogP contribution in [0.2, 0.25) is 0 Å². The van der Waals surface area contributed by atoms with Gasteiger partial charge in [0.1, 0.15) is 12.4 Å². The van der Waals surface area contributed by atoms with Gasteiger partial charge in [0.25, 0.3) is 5.91 Å². The minimum atomic E-state index is -0.534. The molecular formula is C23H18FNO3. The van der Waals surface area contributed by atoms with E-state index in [4.69, 9.17) is 4.74 Å². The third kappa shape index (κ3) is 3.51. The van der Waals surface area contributed by atoms with Gasteiger partial charge in [-0.1, -0.05) is 54.6 Å². The Labute approximate surface area is 162 Å². The number of fused-ring (bicyclic) bond motifs is 1. The van der Waals surface area contributed by atoms with Gasteiger partial charge >= 0.3 is 5.97 Å². The number of carbonyl (C=O) groups is 2. The maximum atomic E-state index is 13.7. The van der Waals surface area contributed by atoms with E-state index in [-0.39, 0.29) is 24.5 Å². The van der Waals surface area contributed by atoms with Gasteiger partial charge in [0.05, 0.1) is 12.5 Å². The molecule has 1 atom stereocenters. The van der Waals surface area contributed by atoms with E-state index < -0.39 is 17.8 Å². The zero-order valence-corrected chi connectivity index (χ0v) is 15.0. The lowest BCUT2D eigenvalue weighted by Gasteiger charge is -2.25. The van der Waals surface area contributed by atoms with Crippen molar-refractivity contribution in [2.24, 2.45) is 0 Å². The molecule has 3 aromatic rings. The SMILES string of the molecule is O=C(CC1c2ccc(F)cc2C(=O)N1c1ccccc1)OCc1ccccc1. The zero-order valence-electron chi connectivity index (χ0n) is 15.0. The molecule has 0 saturated heterocycles. The maximum absolute atomic E-state index is 13.7. The van der Waals surface area contributed by atoms with Crippen molar-refractivity contribution in [3.05, 3.63) is 101 Å². The highest BCUT2D eigenvalue weighted by molar-refractivity contribution is 6.11.